The molecule has 5 heteroatoms. The second-order valence-corrected chi connectivity index (χ2v) is 3.57. The number of pyridine rings is 1. The Balaban J connectivity index is 2.22. The van der Waals surface area contributed by atoms with Crippen molar-refractivity contribution >= 4 is 17.6 Å². The van der Waals surface area contributed by atoms with Crippen LogP contribution in [0.3, 0.4) is 0 Å². The average molecular weight is 214 g/mol. The standard InChI is InChI=1S/C10H6N4S/c1-11-8-4-2-5-9(14-8)15-10-12-6-3-7-13-10/h2-7H. The molecule has 0 spiro atoms. The molecule has 15 heavy (non-hydrogen) atoms. The van der Waals surface area contributed by atoms with Gasteiger partial charge in [0.15, 0.2) is 10.2 Å². The van der Waals surface area contributed by atoms with E-state index in [1.165, 1.54) is 11.8 Å². The number of aromatic nitrogens is 3. The SMILES string of the molecule is [C-]#[N+]c1cccc(Sc2ncccn2)n1. The lowest BCUT2D eigenvalue weighted by molar-refractivity contribution is 0.961. The smallest absolute Gasteiger partial charge is 0.270 e. The molecular weight excluding hydrogens is 208 g/mol. The van der Waals surface area contributed by atoms with Crippen LogP contribution in [0.2, 0.25) is 0 Å². The van der Waals surface area contributed by atoms with Crippen LogP contribution in [0.15, 0.2) is 46.8 Å². The number of hydrogen-bond donors (Lipinski definition) is 0. The van der Waals surface area contributed by atoms with Gasteiger partial charge in [-0.05, 0) is 30.0 Å². The van der Waals surface area contributed by atoms with E-state index in [4.69, 9.17) is 6.57 Å². The maximum absolute atomic E-state index is 6.84. The summed E-state index contributed by atoms with van der Waals surface area (Å²) < 4.78 is 0. The van der Waals surface area contributed by atoms with Crippen LogP contribution in [0.25, 0.3) is 4.85 Å². The molecule has 0 N–H and O–H groups in total. The Bertz CT molecular complexity index is 492. The Kier molecular flexibility index (Phi) is 2.90. The summed E-state index contributed by atoms with van der Waals surface area (Å²) in [4.78, 5) is 15.5. The second-order valence-electron chi connectivity index (χ2n) is 2.58. The van der Waals surface area contributed by atoms with Gasteiger partial charge in [-0.15, -0.1) is 4.98 Å². The van der Waals surface area contributed by atoms with Gasteiger partial charge in [0, 0.05) is 12.4 Å². The van der Waals surface area contributed by atoms with E-state index in [0.717, 1.165) is 5.03 Å². The van der Waals surface area contributed by atoms with Gasteiger partial charge in [0.25, 0.3) is 5.82 Å². The van der Waals surface area contributed by atoms with Gasteiger partial charge in [0.05, 0.1) is 0 Å². The number of hydrogen-bond acceptors (Lipinski definition) is 4. The summed E-state index contributed by atoms with van der Waals surface area (Å²) in [5.41, 5.74) is 0. The van der Waals surface area contributed by atoms with Crippen molar-refractivity contribution in [2.24, 2.45) is 0 Å². The molecule has 0 unspecified atom stereocenters. The van der Waals surface area contributed by atoms with E-state index in [1.54, 1.807) is 30.6 Å². The lowest BCUT2D eigenvalue weighted by Gasteiger charge is -1.95. The highest BCUT2D eigenvalue weighted by atomic mass is 32.2. The van der Waals surface area contributed by atoms with E-state index < -0.39 is 0 Å². The molecule has 4 nitrogen and oxygen atoms in total. The molecule has 72 valence electrons. The van der Waals surface area contributed by atoms with Crippen LogP contribution < -0.4 is 0 Å². The van der Waals surface area contributed by atoms with Gasteiger partial charge in [-0.3, -0.25) is 0 Å². The largest absolute Gasteiger partial charge is 0.361 e. The molecular formula is C10H6N4S. The van der Waals surface area contributed by atoms with Crippen LogP contribution in [-0.4, -0.2) is 15.0 Å². The molecule has 2 aromatic rings. The molecule has 0 bridgehead atoms. The van der Waals surface area contributed by atoms with Gasteiger partial charge >= 0.3 is 0 Å². The summed E-state index contributed by atoms with van der Waals surface area (Å²) in [7, 11) is 0. The van der Waals surface area contributed by atoms with Gasteiger partial charge in [-0.2, -0.15) is 0 Å². The van der Waals surface area contributed by atoms with Crippen molar-refractivity contribution in [1.82, 2.24) is 15.0 Å². The molecule has 2 aromatic heterocycles. The molecule has 0 saturated heterocycles. The van der Waals surface area contributed by atoms with Crippen LogP contribution in [0.4, 0.5) is 5.82 Å². The molecule has 0 amide bonds. The minimum atomic E-state index is 0.385. The van der Waals surface area contributed by atoms with Crippen LogP contribution in [0, 0.1) is 6.57 Å². The molecule has 2 rings (SSSR count). The Hall–Kier alpha value is -1.93. The van der Waals surface area contributed by atoms with E-state index in [0.29, 0.717) is 11.0 Å². The summed E-state index contributed by atoms with van der Waals surface area (Å²) in [6, 6.07) is 7.05. The fourth-order valence-corrected chi connectivity index (χ4v) is 1.65. The Morgan fingerprint density at radius 2 is 1.93 bits per heavy atom. The van der Waals surface area contributed by atoms with Crippen LogP contribution in [-0.2, 0) is 0 Å². The van der Waals surface area contributed by atoms with Gasteiger partial charge in [-0.25, -0.2) is 9.97 Å². The van der Waals surface area contributed by atoms with Crippen molar-refractivity contribution in [3.63, 3.8) is 0 Å². The quantitative estimate of drug-likeness (QED) is 0.569. The molecule has 2 heterocycles. The first kappa shape index (κ1) is 9.62. The number of nitrogens with zero attached hydrogens (tertiary/aromatic N) is 4. The van der Waals surface area contributed by atoms with Crippen LogP contribution >= 0.6 is 11.8 Å². The highest BCUT2D eigenvalue weighted by molar-refractivity contribution is 7.99. The first-order valence-electron chi connectivity index (χ1n) is 4.18. The zero-order chi connectivity index (χ0) is 10.5. The van der Waals surface area contributed by atoms with Crippen molar-refractivity contribution in [1.29, 1.82) is 0 Å². The van der Waals surface area contributed by atoms with Gasteiger partial charge < -0.3 is 4.85 Å². The third kappa shape index (κ3) is 2.51. The van der Waals surface area contributed by atoms with E-state index >= 15 is 0 Å². The topological polar surface area (TPSA) is 43.0 Å². The Morgan fingerprint density at radius 3 is 2.67 bits per heavy atom. The molecule has 0 aliphatic carbocycles. The van der Waals surface area contributed by atoms with Gasteiger partial charge in [-0.1, -0.05) is 12.6 Å². The maximum Gasteiger partial charge on any atom is 0.270 e. The second kappa shape index (κ2) is 4.53. The first-order valence-corrected chi connectivity index (χ1v) is 4.99. The fraction of sp³-hybridized carbons (Fsp3) is 0. The predicted molar refractivity (Wildman–Crippen MR) is 56.7 cm³/mol. The molecule has 0 aromatic carbocycles. The van der Waals surface area contributed by atoms with Gasteiger partial charge in [0.1, 0.15) is 0 Å². The van der Waals surface area contributed by atoms with Crippen molar-refractivity contribution in [3.8, 4) is 0 Å². The predicted octanol–water partition coefficient (Wildman–Crippen LogP) is 2.57. The average Bonchev–Trinajstić information content (AvgIpc) is 2.31. The van der Waals surface area contributed by atoms with E-state index in [9.17, 15) is 0 Å². The monoisotopic (exact) mass is 214 g/mol. The first-order chi connectivity index (χ1) is 7.38. The maximum atomic E-state index is 6.84. The summed E-state index contributed by atoms with van der Waals surface area (Å²) in [5.74, 6) is 0.385. The minimum absolute atomic E-state index is 0.385. The van der Waals surface area contributed by atoms with E-state index in [1.807, 2.05) is 6.07 Å². The summed E-state index contributed by atoms with van der Waals surface area (Å²) in [5, 5.41) is 1.36. The van der Waals surface area contributed by atoms with Crippen molar-refractivity contribution < 1.29 is 0 Å². The summed E-state index contributed by atoms with van der Waals surface area (Å²) in [6.45, 7) is 6.84. The normalized spacial score (nSPS) is 9.53. The third-order valence-electron chi connectivity index (χ3n) is 1.56. The zero-order valence-corrected chi connectivity index (χ0v) is 8.48. The minimum Gasteiger partial charge on any atom is -0.361 e. The van der Waals surface area contributed by atoms with Crippen molar-refractivity contribution in [2.45, 2.75) is 10.2 Å². The summed E-state index contributed by atoms with van der Waals surface area (Å²) >= 11 is 1.34. The highest BCUT2D eigenvalue weighted by Crippen LogP contribution is 2.23. The zero-order valence-electron chi connectivity index (χ0n) is 7.66. The van der Waals surface area contributed by atoms with E-state index in [2.05, 4.69) is 19.8 Å². The molecule has 0 saturated carbocycles. The highest BCUT2D eigenvalue weighted by Gasteiger charge is 2.04. The lowest BCUT2D eigenvalue weighted by atomic mass is 10.5. The van der Waals surface area contributed by atoms with Crippen molar-refractivity contribution in [2.75, 3.05) is 0 Å². The Morgan fingerprint density at radius 1 is 1.13 bits per heavy atom. The fourth-order valence-electron chi connectivity index (χ4n) is 0.955. The lowest BCUT2D eigenvalue weighted by Crippen LogP contribution is -1.84. The van der Waals surface area contributed by atoms with Crippen LogP contribution in [0.1, 0.15) is 0 Å². The van der Waals surface area contributed by atoms with Crippen LogP contribution in [0.5, 0.6) is 0 Å². The van der Waals surface area contributed by atoms with Gasteiger partial charge in [0.2, 0.25) is 0 Å². The molecule has 0 aliphatic heterocycles. The molecule has 0 fully saturated rings. The molecule has 0 radical (unpaired) electrons. The Labute approximate surface area is 91.2 Å². The van der Waals surface area contributed by atoms with Crippen molar-refractivity contribution in [3.05, 3.63) is 48.1 Å². The van der Waals surface area contributed by atoms with E-state index in [-0.39, 0.29) is 0 Å². The summed E-state index contributed by atoms with van der Waals surface area (Å²) in [6.07, 6.45) is 3.35. The third-order valence-corrected chi connectivity index (χ3v) is 2.39. The molecule has 0 aliphatic rings. The number of rotatable bonds is 2. The molecule has 0 atom stereocenters.